The number of carbonyl (C=O) groups excluding carboxylic acids is 1. The minimum absolute atomic E-state index is 0.000436. The predicted molar refractivity (Wildman–Crippen MR) is 69.6 cm³/mol. The molecule has 1 aromatic rings. The highest BCUT2D eigenvalue weighted by molar-refractivity contribution is 5.90. The fourth-order valence-electron chi connectivity index (χ4n) is 1.51. The minimum Gasteiger partial charge on any atom is -0.480 e. The molecular formula is C12H18N4O3. The molecule has 0 aliphatic heterocycles. The summed E-state index contributed by atoms with van der Waals surface area (Å²) in [6.45, 7) is 3.66. The van der Waals surface area contributed by atoms with Crippen LogP contribution in [0, 0.1) is 0 Å². The molecule has 1 unspecified atom stereocenters. The maximum absolute atomic E-state index is 11.8. The van der Waals surface area contributed by atoms with E-state index in [1.807, 2.05) is 13.8 Å². The van der Waals surface area contributed by atoms with Crippen molar-refractivity contribution in [2.45, 2.75) is 26.3 Å². The van der Waals surface area contributed by atoms with Gasteiger partial charge in [0.2, 0.25) is 11.9 Å². The summed E-state index contributed by atoms with van der Waals surface area (Å²) in [7, 11) is 0. The topological polar surface area (TPSA) is 95.4 Å². The number of rotatable bonds is 7. The molecule has 0 aliphatic carbocycles. The summed E-state index contributed by atoms with van der Waals surface area (Å²) in [5.41, 5.74) is 0. The Kier molecular flexibility index (Phi) is 5.87. The number of hydrogen-bond donors (Lipinski definition) is 2. The smallest absolute Gasteiger partial charge is 0.317 e. The molecule has 0 fully saturated rings. The van der Waals surface area contributed by atoms with Gasteiger partial charge in [0.25, 0.3) is 0 Å². The van der Waals surface area contributed by atoms with Crippen LogP contribution in [0.25, 0.3) is 0 Å². The van der Waals surface area contributed by atoms with E-state index in [4.69, 9.17) is 5.11 Å². The Morgan fingerprint density at radius 1 is 1.37 bits per heavy atom. The van der Waals surface area contributed by atoms with Crippen LogP contribution in [0.1, 0.15) is 20.3 Å². The molecule has 0 aliphatic rings. The highest BCUT2D eigenvalue weighted by Gasteiger charge is 2.19. The highest BCUT2D eigenvalue weighted by atomic mass is 16.4. The molecule has 0 saturated carbocycles. The second kappa shape index (κ2) is 7.42. The Balaban J connectivity index is 2.58. The van der Waals surface area contributed by atoms with Gasteiger partial charge < -0.3 is 5.11 Å². The van der Waals surface area contributed by atoms with E-state index in [1.54, 1.807) is 11.0 Å². The van der Waals surface area contributed by atoms with E-state index in [1.165, 1.54) is 12.4 Å². The van der Waals surface area contributed by atoms with Crippen LogP contribution in [0.5, 0.6) is 0 Å². The number of hydrogen-bond acceptors (Lipinski definition) is 5. The number of anilines is 1. The van der Waals surface area contributed by atoms with Crippen LogP contribution in [0.15, 0.2) is 18.5 Å². The lowest BCUT2D eigenvalue weighted by molar-refractivity contribution is -0.139. The summed E-state index contributed by atoms with van der Waals surface area (Å²) in [5, 5.41) is 11.4. The van der Waals surface area contributed by atoms with Gasteiger partial charge in [0.15, 0.2) is 0 Å². The summed E-state index contributed by atoms with van der Waals surface area (Å²) < 4.78 is 0. The fraction of sp³-hybridized carbons (Fsp3) is 0.500. The zero-order valence-electron chi connectivity index (χ0n) is 11.0. The van der Waals surface area contributed by atoms with Crippen LogP contribution in [0.3, 0.4) is 0 Å². The molecule has 1 amide bonds. The summed E-state index contributed by atoms with van der Waals surface area (Å²) in [6.07, 6.45) is 3.81. The molecule has 0 aromatic carbocycles. The molecule has 1 aromatic heterocycles. The van der Waals surface area contributed by atoms with Gasteiger partial charge in [-0.25, -0.2) is 9.97 Å². The number of nitrogens with zero attached hydrogens (tertiary/aromatic N) is 3. The average Bonchev–Trinajstić information content (AvgIpc) is 2.37. The zero-order valence-corrected chi connectivity index (χ0v) is 11.0. The van der Waals surface area contributed by atoms with Crippen molar-refractivity contribution in [2.75, 3.05) is 18.4 Å². The van der Waals surface area contributed by atoms with Crippen LogP contribution in [-0.4, -0.2) is 51.0 Å². The van der Waals surface area contributed by atoms with Gasteiger partial charge in [0.1, 0.15) is 0 Å². The largest absolute Gasteiger partial charge is 0.480 e. The SMILES string of the molecule is CCC(C)N(CC(=O)O)CC(=O)Nc1ncccn1. The maximum atomic E-state index is 11.8. The normalized spacial score (nSPS) is 12.2. The van der Waals surface area contributed by atoms with Crippen LogP contribution in [0.2, 0.25) is 0 Å². The van der Waals surface area contributed by atoms with E-state index >= 15 is 0 Å². The van der Waals surface area contributed by atoms with Crippen LogP contribution in [0.4, 0.5) is 5.95 Å². The van der Waals surface area contributed by atoms with Crippen LogP contribution >= 0.6 is 0 Å². The van der Waals surface area contributed by atoms with Crippen molar-refractivity contribution in [2.24, 2.45) is 0 Å². The molecule has 0 spiro atoms. The lowest BCUT2D eigenvalue weighted by atomic mass is 10.2. The van der Waals surface area contributed by atoms with Crippen LogP contribution in [-0.2, 0) is 9.59 Å². The third kappa shape index (κ3) is 5.43. The fourth-order valence-corrected chi connectivity index (χ4v) is 1.51. The van der Waals surface area contributed by atoms with E-state index < -0.39 is 5.97 Å². The molecule has 1 atom stereocenters. The van der Waals surface area contributed by atoms with Crippen molar-refractivity contribution < 1.29 is 14.7 Å². The first-order chi connectivity index (χ1) is 9.02. The van der Waals surface area contributed by atoms with Gasteiger partial charge in [-0.05, 0) is 19.4 Å². The molecule has 0 radical (unpaired) electrons. The molecule has 0 bridgehead atoms. The van der Waals surface area contributed by atoms with Crippen molar-refractivity contribution in [3.05, 3.63) is 18.5 Å². The van der Waals surface area contributed by atoms with Crippen molar-refractivity contribution in [3.8, 4) is 0 Å². The van der Waals surface area contributed by atoms with Crippen molar-refractivity contribution >= 4 is 17.8 Å². The van der Waals surface area contributed by atoms with Crippen molar-refractivity contribution in [1.82, 2.24) is 14.9 Å². The predicted octanol–water partition coefficient (Wildman–Crippen LogP) is 0.600. The number of amides is 1. The van der Waals surface area contributed by atoms with Gasteiger partial charge in [-0.3, -0.25) is 19.8 Å². The molecule has 7 nitrogen and oxygen atoms in total. The Labute approximate surface area is 111 Å². The molecule has 7 heteroatoms. The quantitative estimate of drug-likeness (QED) is 0.750. The van der Waals surface area contributed by atoms with Gasteiger partial charge in [-0.2, -0.15) is 0 Å². The van der Waals surface area contributed by atoms with E-state index in [9.17, 15) is 9.59 Å². The molecular weight excluding hydrogens is 248 g/mol. The first kappa shape index (κ1) is 15.0. The Bertz CT molecular complexity index is 424. The number of carbonyl (C=O) groups is 2. The van der Waals surface area contributed by atoms with Crippen molar-refractivity contribution in [3.63, 3.8) is 0 Å². The van der Waals surface area contributed by atoms with Gasteiger partial charge in [-0.1, -0.05) is 6.92 Å². The number of carboxylic acid groups (broad SMARTS) is 1. The second-order valence-electron chi connectivity index (χ2n) is 4.18. The standard InChI is InChI=1S/C12H18N4O3/c1-3-9(2)16(8-11(18)19)7-10(17)15-12-13-5-4-6-14-12/h4-6,9H,3,7-8H2,1-2H3,(H,18,19)(H,13,14,15,17). The summed E-state index contributed by atoms with van der Waals surface area (Å²) in [6, 6.07) is 1.66. The number of aliphatic carboxylic acids is 1. The molecule has 0 saturated heterocycles. The first-order valence-corrected chi connectivity index (χ1v) is 6.05. The highest BCUT2D eigenvalue weighted by Crippen LogP contribution is 2.04. The zero-order chi connectivity index (χ0) is 14.3. The van der Waals surface area contributed by atoms with E-state index in [0.717, 1.165) is 6.42 Å². The Morgan fingerprint density at radius 3 is 2.53 bits per heavy atom. The number of carboxylic acids is 1. The van der Waals surface area contributed by atoms with E-state index in [2.05, 4.69) is 15.3 Å². The Morgan fingerprint density at radius 2 is 2.00 bits per heavy atom. The summed E-state index contributed by atoms with van der Waals surface area (Å²) in [5.74, 6) is -1.07. The number of aromatic nitrogens is 2. The van der Waals surface area contributed by atoms with Gasteiger partial charge in [0.05, 0.1) is 13.1 Å². The molecule has 2 N–H and O–H groups in total. The van der Waals surface area contributed by atoms with Crippen molar-refractivity contribution in [1.29, 1.82) is 0 Å². The minimum atomic E-state index is -0.955. The maximum Gasteiger partial charge on any atom is 0.317 e. The monoisotopic (exact) mass is 266 g/mol. The lowest BCUT2D eigenvalue weighted by Gasteiger charge is -2.25. The third-order valence-corrected chi connectivity index (χ3v) is 2.72. The lowest BCUT2D eigenvalue weighted by Crippen LogP contribution is -2.42. The Hall–Kier alpha value is -2.02. The van der Waals surface area contributed by atoms with E-state index in [0.29, 0.717) is 0 Å². The summed E-state index contributed by atoms with van der Waals surface area (Å²) >= 11 is 0. The van der Waals surface area contributed by atoms with Gasteiger partial charge >= 0.3 is 5.97 Å². The average molecular weight is 266 g/mol. The molecule has 1 rings (SSSR count). The second-order valence-corrected chi connectivity index (χ2v) is 4.18. The van der Waals surface area contributed by atoms with E-state index in [-0.39, 0.29) is 31.0 Å². The molecule has 104 valence electrons. The van der Waals surface area contributed by atoms with Gasteiger partial charge in [-0.15, -0.1) is 0 Å². The third-order valence-electron chi connectivity index (χ3n) is 2.72. The molecule has 19 heavy (non-hydrogen) atoms. The molecule has 1 heterocycles. The number of nitrogens with one attached hydrogen (secondary N) is 1. The summed E-state index contributed by atoms with van der Waals surface area (Å²) in [4.78, 5) is 31.9. The van der Waals surface area contributed by atoms with Crippen LogP contribution < -0.4 is 5.32 Å². The van der Waals surface area contributed by atoms with Gasteiger partial charge in [0, 0.05) is 18.4 Å². The first-order valence-electron chi connectivity index (χ1n) is 6.05.